The molecule has 0 aliphatic carbocycles. The highest BCUT2D eigenvalue weighted by molar-refractivity contribution is 9.10. The molecule has 0 saturated carbocycles. The fourth-order valence-corrected chi connectivity index (χ4v) is 1.42. The van der Waals surface area contributed by atoms with Crippen LogP contribution in [-0.2, 0) is 0 Å². The van der Waals surface area contributed by atoms with Crippen LogP contribution in [0.25, 0.3) is 0 Å². The molecule has 0 atom stereocenters. The van der Waals surface area contributed by atoms with Crippen LogP contribution in [0.5, 0.6) is 11.6 Å². The molecule has 0 aliphatic heterocycles. The number of aromatic nitrogens is 1. The van der Waals surface area contributed by atoms with Crippen molar-refractivity contribution in [3.05, 3.63) is 52.1 Å². The second kappa shape index (κ2) is 4.64. The van der Waals surface area contributed by atoms with Crippen LogP contribution in [0.4, 0.5) is 0 Å². The molecule has 0 radical (unpaired) electrons. The molecule has 0 bridgehead atoms. The van der Waals surface area contributed by atoms with Gasteiger partial charge in [-0.3, -0.25) is 0 Å². The van der Waals surface area contributed by atoms with Crippen molar-refractivity contribution >= 4 is 27.5 Å². The summed E-state index contributed by atoms with van der Waals surface area (Å²) in [6, 6.07) is 11.0. The summed E-state index contributed by atoms with van der Waals surface area (Å²) >= 11 is 9.06. The maximum atomic E-state index is 5.71. The highest BCUT2D eigenvalue weighted by Crippen LogP contribution is 2.22. The van der Waals surface area contributed by atoms with Gasteiger partial charge in [0.15, 0.2) is 0 Å². The van der Waals surface area contributed by atoms with E-state index in [1.807, 2.05) is 24.3 Å². The van der Waals surface area contributed by atoms with Gasteiger partial charge in [0, 0.05) is 16.7 Å². The molecule has 1 aromatic carbocycles. The number of pyridine rings is 1. The van der Waals surface area contributed by atoms with Crippen molar-refractivity contribution in [2.75, 3.05) is 0 Å². The molecule has 0 fully saturated rings. The second-order valence-corrected chi connectivity index (χ2v) is 4.22. The van der Waals surface area contributed by atoms with Crippen molar-refractivity contribution in [2.45, 2.75) is 0 Å². The highest BCUT2D eigenvalue weighted by Gasteiger charge is 1.97. The molecule has 0 aliphatic rings. The van der Waals surface area contributed by atoms with Gasteiger partial charge in [0.05, 0.1) is 5.02 Å². The molecule has 0 unspecified atom stereocenters. The molecular weight excluding hydrogens is 277 g/mol. The summed E-state index contributed by atoms with van der Waals surface area (Å²) in [6.07, 6.45) is 1.55. The minimum Gasteiger partial charge on any atom is -0.439 e. The average Bonchev–Trinajstić information content (AvgIpc) is 2.25. The van der Waals surface area contributed by atoms with Crippen molar-refractivity contribution in [3.8, 4) is 11.6 Å². The molecule has 15 heavy (non-hydrogen) atoms. The molecule has 0 amide bonds. The van der Waals surface area contributed by atoms with Crippen LogP contribution in [-0.4, -0.2) is 4.98 Å². The molecule has 4 heteroatoms. The van der Waals surface area contributed by atoms with E-state index in [1.54, 1.807) is 18.3 Å². The Labute approximate surface area is 101 Å². The molecular formula is C11H7BrClNO. The average molecular weight is 285 g/mol. The number of ether oxygens (including phenoxy) is 1. The molecule has 76 valence electrons. The van der Waals surface area contributed by atoms with E-state index in [4.69, 9.17) is 16.3 Å². The maximum absolute atomic E-state index is 5.71. The van der Waals surface area contributed by atoms with Crippen LogP contribution in [0, 0.1) is 0 Å². The number of rotatable bonds is 2. The molecule has 0 saturated heterocycles. The predicted molar refractivity (Wildman–Crippen MR) is 63.5 cm³/mol. The Kier molecular flexibility index (Phi) is 3.23. The van der Waals surface area contributed by atoms with Gasteiger partial charge >= 0.3 is 0 Å². The Hall–Kier alpha value is -1.06. The van der Waals surface area contributed by atoms with Gasteiger partial charge < -0.3 is 4.74 Å². The number of hydrogen-bond acceptors (Lipinski definition) is 2. The number of halogens is 2. The van der Waals surface area contributed by atoms with Crippen LogP contribution >= 0.6 is 27.5 Å². The lowest BCUT2D eigenvalue weighted by Gasteiger charge is -2.03. The molecule has 2 rings (SSSR count). The van der Waals surface area contributed by atoms with Crippen LogP contribution < -0.4 is 4.74 Å². The quantitative estimate of drug-likeness (QED) is 0.821. The van der Waals surface area contributed by atoms with Gasteiger partial charge in [-0.1, -0.05) is 27.5 Å². The van der Waals surface area contributed by atoms with E-state index < -0.39 is 0 Å². The summed E-state index contributed by atoms with van der Waals surface area (Å²) in [5.74, 6) is 1.27. The first-order valence-corrected chi connectivity index (χ1v) is 5.46. The number of hydrogen-bond donors (Lipinski definition) is 0. The van der Waals surface area contributed by atoms with Crippen LogP contribution in [0.3, 0.4) is 0 Å². The molecule has 2 aromatic rings. The van der Waals surface area contributed by atoms with E-state index in [-0.39, 0.29) is 0 Å². The second-order valence-electron chi connectivity index (χ2n) is 2.87. The Morgan fingerprint density at radius 2 is 1.80 bits per heavy atom. The van der Waals surface area contributed by atoms with Gasteiger partial charge in [0.1, 0.15) is 5.75 Å². The minimum atomic E-state index is 0.529. The first-order valence-electron chi connectivity index (χ1n) is 4.29. The molecule has 1 heterocycles. The standard InChI is InChI=1S/C11H7BrClNO/c12-8-1-4-10(5-2-8)15-11-6-3-9(13)7-14-11/h1-7H. The highest BCUT2D eigenvalue weighted by atomic mass is 79.9. The SMILES string of the molecule is Clc1ccc(Oc2ccc(Br)cc2)nc1. The summed E-state index contributed by atoms with van der Waals surface area (Å²) in [5, 5.41) is 0.596. The monoisotopic (exact) mass is 283 g/mol. The maximum Gasteiger partial charge on any atom is 0.219 e. The Morgan fingerprint density at radius 1 is 1.07 bits per heavy atom. The van der Waals surface area contributed by atoms with Crippen LogP contribution in [0.1, 0.15) is 0 Å². The van der Waals surface area contributed by atoms with E-state index in [0.717, 1.165) is 10.2 Å². The lowest BCUT2D eigenvalue weighted by atomic mass is 10.3. The lowest BCUT2D eigenvalue weighted by molar-refractivity contribution is 0.463. The summed E-state index contributed by atoms with van der Waals surface area (Å²) in [4.78, 5) is 4.03. The Bertz CT molecular complexity index is 398. The summed E-state index contributed by atoms with van der Waals surface area (Å²) < 4.78 is 6.51. The summed E-state index contributed by atoms with van der Waals surface area (Å²) in [7, 11) is 0. The predicted octanol–water partition coefficient (Wildman–Crippen LogP) is 4.29. The van der Waals surface area contributed by atoms with Crippen molar-refractivity contribution in [1.29, 1.82) is 0 Å². The Balaban J connectivity index is 2.15. The van der Waals surface area contributed by atoms with Gasteiger partial charge in [0.2, 0.25) is 5.88 Å². The topological polar surface area (TPSA) is 22.1 Å². The first kappa shape index (κ1) is 10.5. The Morgan fingerprint density at radius 3 is 2.40 bits per heavy atom. The molecule has 1 aromatic heterocycles. The fourth-order valence-electron chi connectivity index (χ4n) is 1.05. The van der Waals surface area contributed by atoms with Crippen molar-refractivity contribution in [2.24, 2.45) is 0 Å². The van der Waals surface area contributed by atoms with E-state index in [0.29, 0.717) is 10.9 Å². The van der Waals surface area contributed by atoms with Crippen molar-refractivity contribution < 1.29 is 4.74 Å². The van der Waals surface area contributed by atoms with Crippen molar-refractivity contribution in [1.82, 2.24) is 4.98 Å². The lowest BCUT2D eigenvalue weighted by Crippen LogP contribution is -1.86. The van der Waals surface area contributed by atoms with E-state index in [9.17, 15) is 0 Å². The third-order valence-electron chi connectivity index (χ3n) is 1.74. The zero-order valence-corrected chi connectivity index (χ0v) is 9.99. The third-order valence-corrected chi connectivity index (χ3v) is 2.49. The van der Waals surface area contributed by atoms with E-state index in [2.05, 4.69) is 20.9 Å². The minimum absolute atomic E-state index is 0.529. The smallest absolute Gasteiger partial charge is 0.219 e. The van der Waals surface area contributed by atoms with E-state index >= 15 is 0 Å². The molecule has 0 spiro atoms. The van der Waals surface area contributed by atoms with Crippen LogP contribution in [0.15, 0.2) is 47.1 Å². The fraction of sp³-hybridized carbons (Fsp3) is 0. The van der Waals surface area contributed by atoms with Crippen molar-refractivity contribution in [3.63, 3.8) is 0 Å². The largest absolute Gasteiger partial charge is 0.439 e. The molecule has 0 N–H and O–H groups in total. The third kappa shape index (κ3) is 2.94. The van der Waals surface area contributed by atoms with Gasteiger partial charge in [-0.2, -0.15) is 0 Å². The van der Waals surface area contributed by atoms with E-state index in [1.165, 1.54) is 0 Å². The van der Waals surface area contributed by atoms with Gasteiger partial charge in [-0.25, -0.2) is 4.98 Å². The van der Waals surface area contributed by atoms with Gasteiger partial charge in [-0.05, 0) is 30.3 Å². The zero-order chi connectivity index (χ0) is 10.7. The summed E-state index contributed by atoms with van der Waals surface area (Å²) in [5.41, 5.74) is 0. The number of benzene rings is 1. The van der Waals surface area contributed by atoms with Gasteiger partial charge in [-0.15, -0.1) is 0 Å². The molecule has 2 nitrogen and oxygen atoms in total. The summed E-state index contributed by atoms with van der Waals surface area (Å²) in [6.45, 7) is 0. The van der Waals surface area contributed by atoms with Gasteiger partial charge in [0.25, 0.3) is 0 Å². The van der Waals surface area contributed by atoms with Crippen LogP contribution in [0.2, 0.25) is 5.02 Å². The first-order chi connectivity index (χ1) is 7.24. The normalized spacial score (nSPS) is 10.0. The zero-order valence-electron chi connectivity index (χ0n) is 7.65. The number of nitrogens with zero attached hydrogens (tertiary/aromatic N) is 1.